The Labute approximate surface area is 417 Å². The molecular formula is C58H116N2O6P+. The van der Waals surface area contributed by atoms with Crippen molar-refractivity contribution < 1.29 is 32.9 Å². The highest BCUT2D eigenvalue weighted by Gasteiger charge is 2.28. The van der Waals surface area contributed by atoms with E-state index < -0.39 is 20.0 Å². The number of aliphatic hydroxyl groups excluding tert-OH is 1. The van der Waals surface area contributed by atoms with Gasteiger partial charge in [-0.3, -0.25) is 13.8 Å². The van der Waals surface area contributed by atoms with Gasteiger partial charge in [-0.05, 0) is 44.9 Å². The summed E-state index contributed by atoms with van der Waals surface area (Å²) in [7, 11) is 1.63. The molecule has 0 rings (SSSR count). The van der Waals surface area contributed by atoms with Gasteiger partial charge in [-0.1, -0.05) is 263 Å². The third kappa shape index (κ3) is 52.6. The molecule has 0 aliphatic heterocycles. The quantitative estimate of drug-likeness (QED) is 0.0243. The molecule has 9 heteroatoms. The predicted molar refractivity (Wildman–Crippen MR) is 291 cm³/mol. The highest BCUT2D eigenvalue weighted by Crippen LogP contribution is 2.43. The van der Waals surface area contributed by atoms with Crippen molar-refractivity contribution in [3.8, 4) is 0 Å². The second-order valence-corrected chi connectivity index (χ2v) is 22.8. The minimum atomic E-state index is -4.32. The number of quaternary nitrogens is 1. The van der Waals surface area contributed by atoms with Crippen molar-refractivity contribution >= 4 is 13.7 Å². The first kappa shape index (κ1) is 66.0. The number of rotatable bonds is 54. The molecule has 398 valence electrons. The monoisotopic (exact) mass is 968 g/mol. The van der Waals surface area contributed by atoms with Crippen LogP contribution in [0.3, 0.4) is 0 Å². The number of nitrogens with zero attached hydrogens (tertiary/aromatic N) is 1. The molecule has 0 aromatic carbocycles. The highest BCUT2D eigenvalue weighted by molar-refractivity contribution is 7.47. The van der Waals surface area contributed by atoms with E-state index >= 15 is 0 Å². The number of unbranched alkanes of at least 4 members (excludes halogenated alkanes) is 37. The molecule has 0 aliphatic rings. The van der Waals surface area contributed by atoms with Gasteiger partial charge in [0.15, 0.2) is 0 Å². The molecule has 1 amide bonds. The smallest absolute Gasteiger partial charge is 0.391 e. The van der Waals surface area contributed by atoms with Crippen LogP contribution in [0.2, 0.25) is 0 Å². The Kier molecular flexibility index (Phi) is 49.2. The number of phosphoric ester groups is 1. The standard InChI is InChI=1S/C58H115N2O6P/c1-6-8-10-12-14-16-18-20-22-24-26-28-29-30-31-32-34-36-38-40-42-44-46-48-50-52-58(62)59-56(55-66-67(63,64)65-54-53-60(3,4)5)57(61)51-49-47-45-43-41-39-37-35-33-27-25-23-21-19-17-15-13-11-9-7-2/h18,20,24,26,56-57,61H,6-17,19,21-23,25,27-55H2,1-5H3,(H-,59,62,63,64)/p+1/b20-18-,26-24-. The van der Waals surface area contributed by atoms with Crippen LogP contribution in [0.25, 0.3) is 0 Å². The summed E-state index contributed by atoms with van der Waals surface area (Å²) in [5, 5.41) is 14.1. The SMILES string of the molecule is CCCCCCC/C=C\C/C=C\CCCCCCCCCCCCCCCC(=O)NC(COP(=O)(O)OCC[N+](C)(C)C)C(O)CCCCCCCCCCCCCCCCCCCCCC. The zero-order valence-corrected chi connectivity index (χ0v) is 46.3. The van der Waals surface area contributed by atoms with Crippen molar-refractivity contribution in [2.75, 3.05) is 40.9 Å². The average Bonchev–Trinajstić information content (AvgIpc) is 3.29. The summed E-state index contributed by atoms with van der Waals surface area (Å²) in [5.41, 5.74) is 0. The Balaban J connectivity index is 4.14. The number of nitrogens with one attached hydrogen (secondary N) is 1. The van der Waals surface area contributed by atoms with E-state index in [1.165, 1.54) is 218 Å². The van der Waals surface area contributed by atoms with E-state index in [4.69, 9.17) is 9.05 Å². The second-order valence-electron chi connectivity index (χ2n) is 21.4. The number of hydrogen-bond donors (Lipinski definition) is 3. The summed E-state index contributed by atoms with van der Waals surface area (Å²) in [6.07, 6.45) is 62.3. The molecule has 3 atom stereocenters. The summed E-state index contributed by atoms with van der Waals surface area (Å²) < 4.78 is 23.8. The molecule has 8 nitrogen and oxygen atoms in total. The first-order chi connectivity index (χ1) is 32.5. The Hall–Kier alpha value is -1.02. The van der Waals surface area contributed by atoms with E-state index in [1.54, 1.807) is 0 Å². The third-order valence-corrected chi connectivity index (χ3v) is 14.4. The minimum Gasteiger partial charge on any atom is -0.391 e. The van der Waals surface area contributed by atoms with Gasteiger partial charge in [-0.2, -0.15) is 0 Å². The van der Waals surface area contributed by atoms with Crippen molar-refractivity contribution in [3.63, 3.8) is 0 Å². The second kappa shape index (κ2) is 49.9. The Bertz CT molecular complexity index is 1140. The maximum Gasteiger partial charge on any atom is 0.472 e. The van der Waals surface area contributed by atoms with Crippen LogP contribution in [-0.2, 0) is 18.4 Å². The number of phosphoric acid groups is 1. The zero-order valence-electron chi connectivity index (χ0n) is 45.4. The summed E-state index contributed by atoms with van der Waals surface area (Å²) in [5.74, 6) is -0.141. The van der Waals surface area contributed by atoms with Crippen LogP contribution >= 0.6 is 7.82 Å². The molecule has 0 spiro atoms. The lowest BCUT2D eigenvalue weighted by Crippen LogP contribution is -2.46. The maximum atomic E-state index is 13.0. The van der Waals surface area contributed by atoms with Gasteiger partial charge in [0.1, 0.15) is 13.2 Å². The molecule has 0 saturated heterocycles. The molecule has 0 aromatic rings. The molecule has 0 fully saturated rings. The molecule has 0 heterocycles. The van der Waals surface area contributed by atoms with E-state index in [0.717, 1.165) is 44.9 Å². The Morgan fingerprint density at radius 1 is 0.507 bits per heavy atom. The largest absolute Gasteiger partial charge is 0.472 e. The van der Waals surface area contributed by atoms with Gasteiger partial charge in [0, 0.05) is 6.42 Å². The fourth-order valence-corrected chi connectivity index (χ4v) is 9.58. The lowest BCUT2D eigenvalue weighted by Gasteiger charge is -2.26. The van der Waals surface area contributed by atoms with Gasteiger partial charge in [0.05, 0.1) is 39.9 Å². The molecule has 0 radical (unpaired) electrons. The van der Waals surface area contributed by atoms with E-state index in [2.05, 4.69) is 43.5 Å². The molecule has 0 saturated carbocycles. The third-order valence-electron chi connectivity index (χ3n) is 13.5. The first-order valence-corrected chi connectivity index (χ1v) is 30.7. The summed E-state index contributed by atoms with van der Waals surface area (Å²) in [4.78, 5) is 23.3. The number of hydrogen-bond acceptors (Lipinski definition) is 5. The van der Waals surface area contributed by atoms with E-state index in [0.29, 0.717) is 23.9 Å². The number of amides is 1. The van der Waals surface area contributed by atoms with E-state index in [9.17, 15) is 19.4 Å². The molecule has 0 bridgehead atoms. The van der Waals surface area contributed by atoms with E-state index in [-0.39, 0.29) is 19.1 Å². The number of likely N-dealkylation sites (N-methyl/N-ethyl adjacent to an activating group) is 1. The first-order valence-electron chi connectivity index (χ1n) is 29.2. The molecule has 67 heavy (non-hydrogen) atoms. The summed E-state index contributed by atoms with van der Waals surface area (Å²) in [6, 6.07) is -0.760. The average molecular weight is 969 g/mol. The molecule has 3 unspecified atom stereocenters. The molecule has 3 N–H and O–H groups in total. The van der Waals surface area contributed by atoms with E-state index in [1.807, 2.05) is 21.1 Å². The minimum absolute atomic E-state index is 0.0762. The van der Waals surface area contributed by atoms with Crippen LogP contribution in [0.5, 0.6) is 0 Å². The van der Waals surface area contributed by atoms with Crippen molar-refractivity contribution in [2.45, 2.75) is 302 Å². The van der Waals surface area contributed by atoms with Crippen LogP contribution in [-0.4, -0.2) is 73.4 Å². The Morgan fingerprint density at radius 3 is 1.22 bits per heavy atom. The van der Waals surface area contributed by atoms with Crippen molar-refractivity contribution in [3.05, 3.63) is 24.3 Å². The lowest BCUT2D eigenvalue weighted by atomic mass is 10.0. The van der Waals surface area contributed by atoms with Gasteiger partial charge in [-0.15, -0.1) is 0 Å². The normalized spacial score (nSPS) is 14.1. The van der Waals surface area contributed by atoms with Crippen molar-refractivity contribution in [1.29, 1.82) is 0 Å². The van der Waals surface area contributed by atoms with Crippen LogP contribution in [0.4, 0.5) is 0 Å². The number of carbonyl (C=O) groups excluding carboxylic acids is 1. The van der Waals surface area contributed by atoms with Gasteiger partial charge in [0.25, 0.3) is 0 Å². The Morgan fingerprint density at radius 2 is 0.851 bits per heavy atom. The van der Waals surface area contributed by atoms with Gasteiger partial charge in [-0.25, -0.2) is 4.57 Å². The molecule has 0 aromatic heterocycles. The number of aliphatic hydroxyl groups is 1. The number of carbonyl (C=O) groups is 1. The van der Waals surface area contributed by atoms with Crippen LogP contribution in [0.15, 0.2) is 24.3 Å². The lowest BCUT2D eigenvalue weighted by molar-refractivity contribution is -0.870. The van der Waals surface area contributed by atoms with Crippen molar-refractivity contribution in [1.82, 2.24) is 5.32 Å². The topological polar surface area (TPSA) is 105 Å². The maximum absolute atomic E-state index is 13.0. The number of allylic oxidation sites excluding steroid dienone is 4. The van der Waals surface area contributed by atoms with Crippen LogP contribution < -0.4 is 5.32 Å². The van der Waals surface area contributed by atoms with Crippen LogP contribution in [0.1, 0.15) is 290 Å². The molecular weight excluding hydrogens is 852 g/mol. The van der Waals surface area contributed by atoms with Gasteiger partial charge in [0.2, 0.25) is 5.91 Å². The summed E-state index contributed by atoms with van der Waals surface area (Å²) >= 11 is 0. The van der Waals surface area contributed by atoms with Gasteiger partial charge < -0.3 is 19.8 Å². The van der Waals surface area contributed by atoms with Crippen molar-refractivity contribution in [2.24, 2.45) is 0 Å². The summed E-state index contributed by atoms with van der Waals surface area (Å²) in [6.45, 7) is 4.92. The fourth-order valence-electron chi connectivity index (χ4n) is 8.84. The fraction of sp³-hybridized carbons (Fsp3) is 0.914. The zero-order chi connectivity index (χ0) is 49.2. The van der Waals surface area contributed by atoms with Gasteiger partial charge >= 0.3 is 7.82 Å². The molecule has 0 aliphatic carbocycles. The predicted octanol–water partition coefficient (Wildman–Crippen LogP) is 17.6. The highest BCUT2D eigenvalue weighted by atomic mass is 31.2. The van der Waals surface area contributed by atoms with Crippen LogP contribution in [0, 0.1) is 0 Å².